The number of carbonyl (C=O) groups excluding carboxylic acids is 1. The Labute approximate surface area is 98.0 Å². The van der Waals surface area contributed by atoms with Crippen molar-refractivity contribution in [3.63, 3.8) is 0 Å². The average molecular weight is 241 g/mol. The Balaban J connectivity index is 2.52. The summed E-state index contributed by atoms with van der Waals surface area (Å²) < 4.78 is 31.7. The van der Waals surface area contributed by atoms with E-state index in [1.807, 2.05) is 0 Å². The number of hydrogen-bond acceptors (Lipinski definition) is 2. The van der Waals surface area contributed by atoms with Gasteiger partial charge in [0.15, 0.2) is 11.6 Å². The van der Waals surface area contributed by atoms with Crippen molar-refractivity contribution in [1.29, 1.82) is 0 Å². The highest BCUT2D eigenvalue weighted by molar-refractivity contribution is 5.95. The van der Waals surface area contributed by atoms with Crippen LogP contribution in [0.4, 0.5) is 14.5 Å². The highest BCUT2D eigenvalue weighted by atomic mass is 19.2. The van der Waals surface area contributed by atoms with E-state index in [-0.39, 0.29) is 24.3 Å². The zero-order chi connectivity index (χ0) is 12.6. The Morgan fingerprint density at radius 1 is 1.53 bits per heavy atom. The molecule has 0 aromatic heterocycles. The van der Waals surface area contributed by atoms with Crippen LogP contribution in [0, 0.1) is 11.6 Å². The Hall–Kier alpha value is -1.65. The highest BCUT2D eigenvalue weighted by Crippen LogP contribution is 2.37. The SMILES string of the molecule is CCC(=O)N1c2ccc(F)c(F)c2OCC1C. The summed E-state index contributed by atoms with van der Waals surface area (Å²) in [6.07, 6.45) is 0.308. The maximum absolute atomic E-state index is 13.5. The van der Waals surface area contributed by atoms with Crippen molar-refractivity contribution in [3.8, 4) is 5.75 Å². The lowest BCUT2D eigenvalue weighted by Crippen LogP contribution is -2.45. The van der Waals surface area contributed by atoms with E-state index in [2.05, 4.69) is 0 Å². The van der Waals surface area contributed by atoms with Gasteiger partial charge in [0, 0.05) is 6.42 Å². The molecule has 3 nitrogen and oxygen atoms in total. The third kappa shape index (κ3) is 1.85. The Morgan fingerprint density at radius 2 is 2.24 bits per heavy atom. The lowest BCUT2D eigenvalue weighted by molar-refractivity contribution is -0.119. The topological polar surface area (TPSA) is 29.5 Å². The number of anilines is 1. The third-order valence-electron chi connectivity index (χ3n) is 2.77. The van der Waals surface area contributed by atoms with Gasteiger partial charge >= 0.3 is 0 Å². The molecule has 0 aliphatic carbocycles. The van der Waals surface area contributed by atoms with Crippen molar-refractivity contribution in [1.82, 2.24) is 0 Å². The predicted octanol–water partition coefficient (Wildman–Crippen LogP) is 2.49. The molecule has 0 radical (unpaired) electrons. The third-order valence-corrected chi connectivity index (χ3v) is 2.77. The molecule has 0 saturated heterocycles. The van der Waals surface area contributed by atoms with Gasteiger partial charge in [0.25, 0.3) is 0 Å². The molecule has 0 saturated carbocycles. The smallest absolute Gasteiger partial charge is 0.227 e. The molecule has 1 aromatic carbocycles. The van der Waals surface area contributed by atoms with E-state index in [4.69, 9.17) is 4.74 Å². The molecular formula is C12H13F2NO2. The average Bonchev–Trinajstić information content (AvgIpc) is 2.33. The largest absolute Gasteiger partial charge is 0.486 e. The number of hydrogen-bond donors (Lipinski definition) is 0. The van der Waals surface area contributed by atoms with Gasteiger partial charge in [-0.3, -0.25) is 4.79 Å². The fourth-order valence-electron chi connectivity index (χ4n) is 1.92. The maximum atomic E-state index is 13.5. The first-order valence-corrected chi connectivity index (χ1v) is 5.49. The van der Waals surface area contributed by atoms with Crippen LogP contribution in [0.3, 0.4) is 0 Å². The Morgan fingerprint density at radius 3 is 2.88 bits per heavy atom. The van der Waals surface area contributed by atoms with Crippen molar-refractivity contribution >= 4 is 11.6 Å². The van der Waals surface area contributed by atoms with Gasteiger partial charge in [-0.1, -0.05) is 6.92 Å². The summed E-state index contributed by atoms with van der Waals surface area (Å²) in [5.41, 5.74) is 0.300. The van der Waals surface area contributed by atoms with E-state index in [1.165, 1.54) is 11.0 Å². The van der Waals surface area contributed by atoms with Gasteiger partial charge in [0.2, 0.25) is 11.7 Å². The minimum absolute atomic E-state index is 0.131. The van der Waals surface area contributed by atoms with Crippen molar-refractivity contribution in [2.24, 2.45) is 0 Å². The number of nitrogens with zero attached hydrogens (tertiary/aromatic N) is 1. The van der Waals surface area contributed by atoms with E-state index in [0.29, 0.717) is 12.1 Å². The predicted molar refractivity (Wildman–Crippen MR) is 59.1 cm³/mol. The van der Waals surface area contributed by atoms with Crippen LogP contribution in [-0.4, -0.2) is 18.6 Å². The molecule has 1 amide bonds. The first-order valence-electron chi connectivity index (χ1n) is 5.49. The molecule has 92 valence electrons. The molecule has 1 heterocycles. The van der Waals surface area contributed by atoms with Gasteiger partial charge < -0.3 is 9.64 Å². The normalized spacial score (nSPS) is 18.6. The van der Waals surface area contributed by atoms with Crippen LogP contribution < -0.4 is 9.64 Å². The van der Waals surface area contributed by atoms with Crippen LogP contribution in [0.5, 0.6) is 5.75 Å². The minimum Gasteiger partial charge on any atom is -0.486 e. The number of ether oxygens (including phenoxy) is 1. The molecule has 0 bridgehead atoms. The van der Waals surface area contributed by atoms with Crippen LogP contribution in [-0.2, 0) is 4.79 Å². The lowest BCUT2D eigenvalue weighted by atomic mass is 10.1. The first kappa shape index (κ1) is 11.8. The molecule has 0 spiro atoms. The van der Waals surface area contributed by atoms with Crippen LogP contribution >= 0.6 is 0 Å². The number of benzene rings is 1. The number of carbonyl (C=O) groups is 1. The second kappa shape index (κ2) is 4.31. The Bertz CT molecular complexity index is 462. The van der Waals surface area contributed by atoms with Crippen molar-refractivity contribution < 1.29 is 18.3 Å². The van der Waals surface area contributed by atoms with Crippen LogP contribution in [0.25, 0.3) is 0 Å². The molecule has 1 aliphatic rings. The quantitative estimate of drug-likeness (QED) is 0.756. The molecule has 17 heavy (non-hydrogen) atoms. The van der Waals surface area contributed by atoms with Crippen LogP contribution in [0.2, 0.25) is 0 Å². The zero-order valence-electron chi connectivity index (χ0n) is 9.67. The number of halogens is 2. The lowest BCUT2D eigenvalue weighted by Gasteiger charge is -2.35. The summed E-state index contributed by atoms with van der Waals surface area (Å²) in [7, 11) is 0. The summed E-state index contributed by atoms with van der Waals surface area (Å²) >= 11 is 0. The van der Waals surface area contributed by atoms with Gasteiger partial charge in [0.1, 0.15) is 6.61 Å². The van der Waals surface area contributed by atoms with Crippen LogP contribution in [0.15, 0.2) is 12.1 Å². The summed E-state index contributed by atoms with van der Waals surface area (Å²) in [6, 6.07) is 2.20. The molecule has 0 N–H and O–H groups in total. The van der Waals surface area contributed by atoms with E-state index in [0.717, 1.165) is 6.07 Å². The fourth-order valence-corrected chi connectivity index (χ4v) is 1.92. The molecule has 1 atom stereocenters. The minimum atomic E-state index is -1.04. The van der Waals surface area contributed by atoms with E-state index >= 15 is 0 Å². The van der Waals surface area contributed by atoms with Gasteiger partial charge in [-0.2, -0.15) is 4.39 Å². The van der Waals surface area contributed by atoms with Gasteiger partial charge in [0.05, 0.1) is 11.7 Å². The zero-order valence-corrected chi connectivity index (χ0v) is 9.67. The second-order valence-corrected chi connectivity index (χ2v) is 3.99. The van der Waals surface area contributed by atoms with E-state index in [1.54, 1.807) is 13.8 Å². The van der Waals surface area contributed by atoms with Gasteiger partial charge in [-0.05, 0) is 19.1 Å². The second-order valence-electron chi connectivity index (χ2n) is 3.99. The van der Waals surface area contributed by atoms with Crippen molar-refractivity contribution in [2.75, 3.05) is 11.5 Å². The molecule has 5 heteroatoms. The van der Waals surface area contributed by atoms with Crippen LogP contribution in [0.1, 0.15) is 20.3 Å². The molecular weight excluding hydrogens is 228 g/mol. The molecule has 1 aromatic rings. The van der Waals surface area contributed by atoms with Crippen molar-refractivity contribution in [2.45, 2.75) is 26.3 Å². The number of fused-ring (bicyclic) bond motifs is 1. The summed E-state index contributed by atoms with van der Waals surface area (Å²) in [4.78, 5) is 13.3. The van der Waals surface area contributed by atoms with Gasteiger partial charge in [-0.15, -0.1) is 0 Å². The highest BCUT2D eigenvalue weighted by Gasteiger charge is 2.31. The van der Waals surface area contributed by atoms with Crippen molar-refractivity contribution in [3.05, 3.63) is 23.8 Å². The summed E-state index contributed by atoms with van der Waals surface area (Å²) in [6.45, 7) is 3.70. The first-order chi connectivity index (χ1) is 8.06. The standard InChI is InChI=1S/C12H13F2NO2/c1-3-10(16)15-7(2)6-17-12-9(15)5-4-8(13)11(12)14/h4-5,7H,3,6H2,1-2H3. The Kier molecular flexibility index (Phi) is 3.00. The van der Waals surface area contributed by atoms with E-state index < -0.39 is 11.6 Å². The molecule has 1 aliphatic heterocycles. The van der Waals surface area contributed by atoms with Gasteiger partial charge in [-0.25, -0.2) is 4.39 Å². The summed E-state index contributed by atoms with van der Waals surface area (Å²) in [5.74, 6) is -2.32. The maximum Gasteiger partial charge on any atom is 0.227 e. The summed E-state index contributed by atoms with van der Waals surface area (Å²) in [5, 5.41) is 0. The molecule has 0 fully saturated rings. The number of amides is 1. The van der Waals surface area contributed by atoms with E-state index in [9.17, 15) is 13.6 Å². The monoisotopic (exact) mass is 241 g/mol. The molecule has 2 rings (SSSR count). The number of rotatable bonds is 1. The fraction of sp³-hybridized carbons (Fsp3) is 0.417. The molecule has 1 unspecified atom stereocenters.